The number of hydrazine groups is 1. The summed E-state index contributed by atoms with van der Waals surface area (Å²) in [7, 11) is 0. The summed E-state index contributed by atoms with van der Waals surface area (Å²) in [6, 6.07) is 12.6. The van der Waals surface area contributed by atoms with Gasteiger partial charge in [0.05, 0.1) is 11.4 Å². The average Bonchev–Trinajstić information content (AvgIpc) is 3.13. The van der Waals surface area contributed by atoms with Crippen molar-refractivity contribution in [1.29, 1.82) is 0 Å². The summed E-state index contributed by atoms with van der Waals surface area (Å²) in [6.45, 7) is 6.68. The van der Waals surface area contributed by atoms with Crippen LogP contribution in [0, 0.1) is 26.6 Å². The molecule has 0 atom stereocenters. The molecular weight excluding hydrogens is 383 g/mol. The first kappa shape index (κ1) is 20.4. The first-order chi connectivity index (χ1) is 14.4. The molecule has 1 aliphatic heterocycles. The van der Waals surface area contributed by atoms with Crippen LogP contribution >= 0.6 is 0 Å². The van der Waals surface area contributed by atoms with Gasteiger partial charge >= 0.3 is 0 Å². The van der Waals surface area contributed by atoms with Gasteiger partial charge in [-0.15, -0.1) is 5.75 Å². The van der Waals surface area contributed by atoms with Gasteiger partial charge in [0.25, 0.3) is 0 Å². The number of benzene rings is 2. The molecule has 1 aliphatic rings. The Balaban J connectivity index is 1.54. The smallest absolute Gasteiger partial charge is 0.150 e. The average molecular weight is 409 g/mol. The lowest BCUT2D eigenvalue weighted by molar-refractivity contribution is -0.269. The van der Waals surface area contributed by atoms with Crippen LogP contribution in [0.25, 0.3) is 5.69 Å². The first-order valence-electron chi connectivity index (χ1n) is 10.2. The van der Waals surface area contributed by atoms with Gasteiger partial charge in [-0.2, -0.15) is 15.3 Å². The Morgan fingerprint density at radius 2 is 1.80 bits per heavy atom. The van der Waals surface area contributed by atoms with E-state index in [2.05, 4.69) is 25.1 Å². The lowest BCUT2D eigenvalue weighted by Crippen LogP contribution is -2.46. The second-order valence-corrected chi connectivity index (χ2v) is 7.95. The van der Waals surface area contributed by atoms with Crippen LogP contribution in [0.2, 0.25) is 0 Å². The second kappa shape index (κ2) is 8.08. The molecule has 1 saturated heterocycles. The number of anilines is 1. The molecule has 30 heavy (non-hydrogen) atoms. The van der Waals surface area contributed by atoms with Crippen molar-refractivity contribution in [2.75, 3.05) is 18.3 Å². The Morgan fingerprint density at radius 1 is 1.10 bits per heavy atom. The van der Waals surface area contributed by atoms with Gasteiger partial charge in [-0.1, -0.05) is 24.3 Å². The zero-order valence-electron chi connectivity index (χ0n) is 17.5. The van der Waals surface area contributed by atoms with Crippen molar-refractivity contribution < 1.29 is 14.7 Å². The van der Waals surface area contributed by atoms with Crippen LogP contribution in [0.5, 0.6) is 5.75 Å². The molecule has 0 aliphatic carbocycles. The van der Waals surface area contributed by atoms with Crippen LogP contribution < -0.4 is 10.3 Å². The van der Waals surface area contributed by atoms with Crippen LogP contribution in [0.4, 0.5) is 10.1 Å². The predicted octanol–water partition coefficient (Wildman–Crippen LogP) is 4.00. The van der Waals surface area contributed by atoms with Gasteiger partial charge in [0.1, 0.15) is 5.69 Å². The SMILES string of the molecule is Cc1cc(C2CCN(N(O)c3c(F)ccc([O-])c3C)CC2)n(-c2ccccc2C)n1. The number of para-hydroxylation sites is 1. The minimum atomic E-state index is -0.607. The highest BCUT2D eigenvalue weighted by Gasteiger charge is 2.29. The molecule has 1 fully saturated rings. The van der Waals surface area contributed by atoms with Crippen LogP contribution in [-0.4, -0.2) is 33.1 Å². The van der Waals surface area contributed by atoms with E-state index in [0.29, 0.717) is 13.1 Å². The molecule has 1 aromatic heterocycles. The molecule has 2 heterocycles. The van der Waals surface area contributed by atoms with Gasteiger partial charge in [-0.3, -0.25) is 5.21 Å². The first-order valence-corrected chi connectivity index (χ1v) is 10.2. The summed E-state index contributed by atoms with van der Waals surface area (Å²) in [4.78, 5) is 0. The number of aryl methyl sites for hydroxylation is 2. The third-order valence-electron chi connectivity index (χ3n) is 5.89. The number of hydrogen-bond donors (Lipinski definition) is 1. The molecule has 0 spiro atoms. The van der Waals surface area contributed by atoms with Gasteiger partial charge in [0, 0.05) is 24.7 Å². The van der Waals surface area contributed by atoms with E-state index in [1.165, 1.54) is 13.0 Å². The number of nitrogens with zero attached hydrogens (tertiary/aromatic N) is 4. The van der Waals surface area contributed by atoms with Crippen LogP contribution in [0.15, 0.2) is 42.5 Å². The van der Waals surface area contributed by atoms with Crippen LogP contribution in [0.3, 0.4) is 0 Å². The van der Waals surface area contributed by atoms with Gasteiger partial charge in [0.15, 0.2) is 5.82 Å². The number of halogens is 1. The second-order valence-electron chi connectivity index (χ2n) is 7.95. The van der Waals surface area contributed by atoms with Crippen molar-refractivity contribution in [2.24, 2.45) is 0 Å². The van der Waals surface area contributed by atoms with Crippen molar-refractivity contribution in [2.45, 2.75) is 39.5 Å². The van der Waals surface area contributed by atoms with E-state index in [0.717, 1.165) is 46.7 Å². The monoisotopic (exact) mass is 409 g/mol. The van der Waals surface area contributed by atoms with Crippen LogP contribution in [0.1, 0.15) is 41.3 Å². The highest BCUT2D eigenvalue weighted by atomic mass is 19.1. The Hall–Kier alpha value is -2.90. The minimum Gasteiger partial charge on any atom is -0.872 e. The zero-order valence-corrected chi connectivity index (χ0v) is 17.5. The van der Waals surface area contributed by atoms with Crippen molar-refractivity contribution in [1.82, 2.24) is 14.8 Å². The summed E-state index contributed by atoms with van der Waals surface area (Å²) < 4.78 is 16.3. The quantitative estimate of drug-likeness (QED) is 0.660. The highest BCUT2D eigenvalue weighted by Crippen LogP contribution is 2.34. The summed E-state index contributed by atoms with van der Waals surface area (Å²) >= 11 is 0. The van der Waals surface area contributed by atoms with Gasteiger partial charge < -0.3 is 5.11 Å². The van der Waals surface area contributed by atoms with Crippen molar-refractivity contribution >= 4 is 5.69 Å². The number of aromatic nitrogens is 2. The summed E-state index contributed by atoms with van der Waals surface area (Å²) in [5.74, 6) is -0.629. The topological polar surface area (TPSA) is 67.6 Å². The van der Waals surface area contributed by atoms with E-state index < -0.39 is 5.82 Å². The number of piperidine rings is 1. The molecule has 3 aromatic rings. The summed E-state index contributed by atoms with van der Waals surface area (Å²) in [6.07, 6.45) is 1.57. The van der Waals surface area contributed by atoms with E-state index in [1.54, 1.807) is 5.01 Å². The lowest BCUT2D eigenvalue weighted by atomic mass is 9.93. The maximum absolute atomic E-state index is 14.3. The Bertz CT molecular complexity index is 1060. The van der Waals surface area contributed by atoms with Gasteiger partial charge in [-0.05, 0) is 62.9 Å². The molecule has 0 radical (unpaired) electrons. The summed E-state index contributed by atoms with van der Waals surface area (Å²) in [5.41, 5.74) is 4.47. The molecule has 6 nitrogen and oxygen atoms in total. The molecule has 0 bridgehead atoms. The van der Waals surface area contributed by atoms with Crippen molar-refractivity contribution in [3.05, 3.63) is 70.8 Å². The standard InChI is InChI=1S/C23H27FN4O2/c1-15-6-4-5-7-20(15)27-21(14-16(2)25-27)18-10-12-26(13-11-18)28(30)23-17(3)22(29)9-8-19(23)24/h4-9,14,18,29-30H,10-13H2,1-3H3/p-1. The van der Waals surface area contributed by atoms with E-state index in [9.17, 15) is 14.7 Å². The van der Waals surface area contributed by atoms with Crippen molar-refractivity contribution in [3.8, 4) is 11.4 Å². The van der Waals surface area contributed by atoms with E-state index >= 15 is 0 Å². The Labute approximate surface area is 175 Å². The largest absolute Gasteiger partial charge is 0.872 e. The van der Waals surface area contributed by atoms with E-state index in [4.69, 9.17) is 5.10 Å². The summed E-state index contributed by atoms with van der Waals surface area (Å²) in [5, 5.41) is 29.7. The molecule has 158 valence electrons. The number of hydrogen-bond acceptors (Lipinski definition) is 5. The fourth-order valence-electron chi connectivity index (χ4n) is 4.19. The minimum absolute atomic E-state index is 0.0678. The fourth-order valence-corrected chi connectivity index (χ4v) is 4.19. The lowest BCUT2D eigenvalue weighted by Gasteiger charge is -2.38. The number of rotatable bonds is 4. The fraction of sp³-hybridized carbons (Fsp3) is 0.348. The van der Waals surface area contributed by atoms with E-state index in [1.807, 2.05) is 23.7 Å². The molecular formula is C23H26FN4O2-. The molecule has 0 saturated carbocycles. The highest BCUT2D eigenvalue weighted by molar-refractivity contribution is 5.56. The zero-order chi connectivity index (χ0) is 21.4. The Morgan fingerprint density at radius 3 is 2.50 bits per heavy atom. The molecule has 0 amide bonds. The molecule has 1 N–H and O–H groups in total. The molecule has 4 rings (SSSR count). The maximum Gasteiger partial charge on any atom is 0.150 e. The molecule has 0 unspecified atom stereocenters. The van der Waals surface area contributed by atoms with E-state index in [-0.39, 0.29) is 22.9 Å². The predicted molar refractivity (Wildman–Crippen MR) is 111 cm³/mol. The maximum atomic E-state index is 14.3. The Kier molecular flexibility index (Phi) is 5.49. The molecule has 7 heteroatoms. The third-order valence-corrected chi connectivity index (χ3v) is 5.89. The van der Waals surface area contributed by atoms with Gasteiger partial charge in [-0.25, -0.2) is 9.07 Å². The third kappa shape index (κ3) is 3.66. The normalized spacial score (nSPS) is 15.5. The van der Waals surface area contributed by atoms with Crippen molar-refractivity contribution in [3.63, 3.8) is 0 Å². The van der Waals surface area contributed by atoms with Gasteiger partial charge in [0.2, 0.25) is 0 Å². The molecule has 2 aromatic carbocycles. The van der Waals surface area contributed by atoms with Crippen LogP contribution in [-0.2, 0) is 0 Å².